The Morgan fingerprint density at radius 2 is 0.827 bits per heavy atom. The van der Waals surface area contributed by atoms with Gasteiger partial charge in [0, 0.05) is 7.11 Å². The summed E-state index contributed by atoms with van der Waals surface area (Å²) >= 11 is 0. The standard InChI is InChI=1S/C42H45O9P/c1-44-32-38-39(45-27-33-17-7-2-8-18-33)40(46-28-34-19-9-3-10-20-34)41(47-29-35-21-11-4-12-22-35)42(50-38)51-52(43,48-30-36-23-13-5-14-24-36)49-31-37-25-15-6-16-26-37/h2-26,38-42H,27-32H2,1H3/t38-,39-,40+,41-,42-/m1/s1. The van der Waals surface area contributed by atoms with E-state index in [0.29, 0.717) is 0 Å². The third kappa shape index (κ3) is 11.3. The maximum Gasteiger partial charge on any atom is 0.477 e. The fraction of sp³-hybridized carbons (Fsp3) is 0.286. The number of hydrogen-bond donors (Lipinski definition) is 0. The van der Waals surface area contributed by atoms with Crippen LogP contribution in [0.2, 0.25) is 0 Å². The lowest BCUT2D eigenvalue weighted by Gasteiger charge is -2.46. The molecule has 0 amide bonds. The predicted octanol–water partition coefficient (Wildman–Crippen LogP) is 8.67. The molecule has 1 saturated heterocycles. The molecule has 5 atom stereocenters. The van der Waals surface area contributed by atoms with Crippen LogP contribution in [-0.4, -0.2) is 44.4 Å². The summed E-state index contributed by atoms with van der Waals surface area (Å²) in [6.07, 6.45) is -4.33. The van der Waals surface area contributed by atoms with Crippen LogP contribution in [0, 0.1) is 0 Å². The first kappa shape index (κ1) is 37.8. The second-order valence-corrected chi connectivity index (χ2v) is 14.0. The number of hydrogen-bond acceptors (Lipinski definition) is 9. The Bertz CT molecular complexity index is 1720. The predicted molar refractivity (Wildman–Crippen MR) is 197 cm³/mol. The highest BCUT2D eigenvalue weighted by atomic mass is 31.2. The molecule has 10 heteroatoms. The van der Waals surface area contributed by atoms with Crippen LogP contribution >= 0.6 is 7.82 Å². The molecule has 5 aromatic rings. The molecule has 1 aliphatic heterocycles. The van der Waals surface area contributed by atoms with Gasteiger partial charge in [-0.15, -0.1) is 0 Å². The van der Waals surface area contributed by atoms with Gasteiger partial charge in [-0.05, 0) is 27.8 Å². The van der Waals surface area contributed by atoms with Crippen LogP contribution in [0.15, 0.2) is 152 Å². The van der Waals surface area contributed by atoms with Crippen molar-refractivity contribution in [2.24, 2.45) is 0 Å². The Morgan fingerprint density at radius 1 is 0.481 bits per heavy atom. The maximum absolute atomic E-state index is 14.7. The highest BCUT2D eigenvalue weighted by Gasteiger charge is 2.51. The maximum atomic E-state index is 14.7. The molecule has 1 aliphatic rings. The molecule has 5 aromatic carbocycles. The van der Waals surface area contributed by atoms with E-state index in [0.717, 1.165) is 27.8 Å². The van der Waals surface area contributed by atoms with Gasteiger partial charge in [0.05, 0.1) is 39.6 Å². The molecular weight excluding hydrogens is 679 g/mol. The van der Waals surface area contributed by atoms with Crippen LogP contribution in [0.5, 0.6) is 0 Å². The van der Waals surface area contributed by atoms with Gasteiger partial charge in [-0.3, -0.25) is 13.6 Å². The molecule has 0 bridgehead atoms. The lowest BCUT2D eigenvalue weighted by Crippen LogP contribution is -2.61. The zero-order valence-electron chi connectivity index (χ0n) is 29.2. The summed E-state index contributed by atoms with van der Waals surface area (Å²) in [4.78, 5) is 0. The molecule has 0 aromatic heterocycles. The number of ether oxygens (including phenoxy) is 5. The van der Waals surface area contributed by atoms with Gasteiger partial charge in [-0.25, -0.2) is 4.57 Å². The Balaban J connectivity index is 1.33. The van der Waals surface area contributed by atoms with E-state index in [9.17, 15) is 4.57 Å². The van der Waals surface area contributed by atoms with Crippen molar-refractivity contribution in [2.75, 3.05) is 13.7 Å². The molecule has 52 heavy (non-hydrogen) atoms. The third-order valence-electron chi connectivity index (χ3n) is 8.48. The van der Waals surface area contributed by atoms with E-state index in [-0.39, 0.29) is 39.6 Å². The van der Waals surface area contributed by atoms with E-state index >= 15 is 0 Å². The second-order valence-electron chi connectivity index (χ2n) is 12.4. The first-order valence-electron chi connectivity index (χ1n) is 17.3. The van der Waals surface area contributed by atoms with Crippen molar-refractivity contribution in [1.29, 1.82) is 0 Å². The Kier molecular flexibility index (Phi) is 14.3. The number of methoxy groups -OCH3 is 1. The molecule has 0 radical (unpaired) electrons. The summed E-state index contributed by atoms with van der Waals surface area (Å²) in [5.74, 6) is 0. The summed E-state index contributed by atoms with van der Waals surface area (Å²) in [5.41, 5.74) is 4.46. The number of rotatable bonds is 19. The second kappa shape index (κ2) is 19.7. The molecule has 0 spiro atoms. The number of phosphoric ester groups is 1. The van der Waals surface area contributed by atoms with Crippen LogP contribution in [0.1, 0.15) is 27.8 Å². The van der Waals surface area contributed by atoms with Gasteiger partial charge in [-0.1, -0.05) is 152 Å². The van der Waals surface area contributed by atoms with Crippen molar-refractivity contribution in [2.45, 2.75) is 63.7 Å². The highest BCUT2D eigenvalue weighted by molar-refractivity contribution is 7.48. The highest BCUT2D eigenvalue weighted by Crippen LogP contribution is 2.53. The lowest BCUT2D eigenvalue weighted by atomic mass is 9.98. The van der Waals surface area contributed by atoms with E-state index in [1.54, 1.807) is 7.11 Å². The van der Waals surface area contributed by atoms with E-state index in [4.69, 9.17) is 37.3 Å². The van der Waals surface area contributed by atoms with Gasteiger partial charge in [0.1, 0.15) is 24.4 Å². The molecule has 6 rings (SSSR count). The average Bonchev–Trinajstić information content (AvgIpc) is 3.20. The van der Waals surface area contributed by atoms with Crippen LogP contribution in [-0.2, 0) is 74.9 Å². The van der Waals surface area contributed by atoms with Crippen molar-refractivity contribution < 1.29 is 41.8 Å². The summed E-state index contributed by atoms with van der Waals surface area (Å²) in [7, 11) is -2.74. The van der Waals surface area contributed by atoms with Crippen LogP contribution in [0.3, 0.4) is 0 Å². The van der Waals surface area contributed by atoms with Gasteiger partial charge >= 0.3 is 7.82 Å². The van der Waals surface area contributed by atoms with E-state index in [2.05, 4.69) is 0 Å². The third-order valence-corrected chi connectivity index (χ3v) is 9.83. The average molecular weight is 725 g/mol. The Hall–Kier alpha value is -3.99. The molecule has 1 fully saturated rings. The molecule has 0 saturated carbocycles. The van der Waals surface area contributed by atoms with Gasteiger partial charge in [-0.2, -0.15) is 0 Å². The Labute approximate surface area is 305 Å². The smallest absolute Gasteiger partial charge is 0.382 e. The quantitative estimate of drug-likeness (QED) is 0.0777. The van der Waals surface area contributed by atoms with Crippen molar-refractivity contribution in [1.82, 2.24) is 0 Å². The Morgan fingerprint density at radius 3 is 1.21 bits per heavy atom. The molecule has 0 N–H and O–H groups in total. The van der Waals surface area contributed by atoms with Gasteiger partial charge in [0.15, 0.2) is 6.29 Å². The van der Waals surface area contributed by atoms with Crippen LogP contribution in [0.4, 0.5) is 0 Å². The minimum atomic E-state index is -4.33. The van der Waals surface area contributed by atoms with E-state index in [1.165, 1.54) is 0 Å². The van der Waals surface area contributed by atoms with Crippen molar-refractivity contribution in [3.05, 3.63) is 179 Å². The van der Waals surface area contributed by atoms with Crippen molar-refractivity contribution >= 4 is 7.82 Å². The van der Waals surface area contributed by atoms with Crippen LogP contribution < -0.4 is 0 Å². The monoisotopic (exact) mass is 724 g/mol. The zero-order chi connectivity index (χ0) is 35.9. The van der Waals surface area contributed by atoms with E-state index < -0.39 is 38.5 Å². The van der Waals surface area contributed by atoms with Gasteiger partial charge in [0.25, 0.3) is 0 Å². The molecule has 9 nitrogen and oxygen atoms in total. The van der Waals surface area contributed by atoms with Crippen molar-refractivity contribution in [3.8, 4) is 0 Å². The van der Waals surface area contributed by atoms with Crippen LogP contribution in [0.25, 0.3) is 0 Å². The first-order valence-corrected chi connectivity index (χ1v) is 18.8. The fourth-order valence-corrected chi connectivity index (χ4v) is 7.04. The molecule has 1 heterocycles. The first-order chi connectivity index (χ1) is 25.6. The normalized spacial score (nSPS) is 20.4. The minimum absolute atomic E-state index is 0.0204. The zero-order valence-corrected chi connectivity index (χ0v) is 30.1. The molecule has 272 valence electrons. The van der Waals surface area contributed by atoms with Crippen molar-refractivity contribution in [3.63, 3.8) is 0 Å². The molecule has 0 aliphatic carbocycles. The summed E-state index contributed by atoms with van der Waals surface area (Å²) < 4.78 is 65.3. The largest absolute Gasteiger partial charge is 0.477 e. The summed E-state index contributed by atoms with van der Waals surface area (Å²) in [6, 6.07) is 48.3. The minimum Gasteiger partial charge on any atom is -0.382 e. The lowest BCUT2D eigenvalue weighted by molar-refractivity contribution is -0.312. The van der Waals surface area contributed by atoms with E-state index in [1.807, 2.05) is 152 Å². The fourth-order valence-electron chi connectivity index (χ4n) is 5.81. The van der Waals surface area contributed by atoms with Gasteiger partial charge in [0.2, 0.25) is 0 Å². The number of phosphoric acid groups is 1. The molecule has 0 unspecified atom stereocenters. The molecular formula is C42H45O9P. The SMILES string of the molecule is COC[C@H]1O[C@H](OP(=O)(OCc2ccccc2)OCc2ccccc2)[C@H](OCc2ccccc2)[C@@H](OCc2ccccc2)[C@@H]1OCc1ccccc1. The summed E-state index contributed by atoms with van der Waals surface area (Å²) in [6.45, 7) is 0.828. The van der Waals surface area contributed by atoms with Gasteiger partial charge < -0.3 is 23.7 Å². The number of benzene rings is 5. The summed E-state index contributed by atoms with van der Waals surface area (Å²) in [5, 5.41) is 0. The topological polar surface area (TPSA) is 90.9 Å².